The number of aliphatic hydroxyl groups is 1. The minimum Gasteiger partial charge on any atom is -0.352 e. The molecule has 0 aliphatic heterocycles. The molecule has 2 aromatic rings. The normalized spacial score (nSPS) is 12.5. The van der Waals surface area contributed by atoms with Gasteiger partial charge in [0.1, 0.15) is 6.04 Å². The molecule has 1 amide bonds. The van der Waals surface area contributed by atoms with Gasteiger partial charge in [0.15, 0.2) is 0 Å². The number of hydrogen-bond acceptors (Lipinski definition) is 3. The average Bonchev–Trinajstić information content (AvgIpc) is 2.56. The van der Waals surface area contributed by atoms with Gasteiger partial charge in [0.25, 0.3) is 6.35 Å². The van der Waals surface area contributed by atoms with Crippen LogP contribution in [0.5, 0.6) is 0 Å². The lowest BCUT2D eigenvalue weighted by atomic mass is 10.1. The van der Waals surface area contributed by atoms with Crippen molar-refractivity contribution in [1.82, 2.24) is 5.09 Å². The van der Waals surface area contributed by atoms with Crippen LogP contribution in [0, 0.1) is 0 Å². The van der Waals surface area contributed by atoms with Crippen LogP contribution in [0.1, 0.15) is 5.56 Å². The molecule has 2 atom stereocenters. The van der Waals surface area contributed by atoms with Gasteiger partial charge in [-0.25, -0.2) is 0 Å². The van der Waals surface area contributed by atoms with Crippen LogP contribution in [-0.4, -0.2) is 23.4 Å². The molecule has 0 spiro atoms. The molecule has 6 heteroatoms. The summed E-state index contributed by atoms with van der Waals surface area (Å²) >= 11 is 0. The molecule has 5 nitrogen and oxygen atoms in total. The fraction of sp³-hybridized carbons (Fsp3) is 0.188. The Balaban J connectivity index is 2.09. The van der Waals surface area contributed by atoms with E-state index in [2.05, 4.69) is 10.4 Å². The highest BCUT2D eigenvalue weighted by Gasteiger charge is 2.27. The lowest BCUT2D eigenvalue weighted by Gasteiger charge is -2.13. The highest BCUT2D eigenvalue weighted by molar-refractivity contribution is 7.42. The lowest BCUT2D eigenvalue weighted by Crippen LogP contribution is -2.39. The summed E-state index contributed by atoms with van der Waals surface area (Å²) in [5.41, 5.74) is 1.62. The quantitative estimate of drug-likeness (QED) is 0.686. The molecule has 0 aliphatic carbocycles. The zero-order valence-electron chi connectivity index (χ0n) is 12.0. The number of hydrogen-bond donors (Lipinski definition) is 3. The molecule has 0 saturated heterocycles. The number of amides is 1. The van der Waals surface area contributed by atoms with Crippen molar-refractivity contribution in [2.75, 3.05) is 11.7 Å². The maximum Gasteiger partial charge on any atom is 0.461 e. The number of nitrogens with one attached hydrogen (secondary N) is 2. The first-order chi connectivity index (χ1) is 10.7. The third-order valence-electron chi connectivity index (χ3n) is 3.07. The molecule has 2 rings (SSSR count). The molecule has 22 heavy (non-hydrogen) atoms. The van der Waals surface area contributed by atoms with Gasteiger partial charge in [0, 0.05) is 12.1 Å². The van der Waals surface area contributed by atoms with Gasteiger partial charge in [-0.2, -0.15) is 0 Å². The van der Waals surface area contributed by atoms with Crippen molar-refractivity contribution < 1.29 is 14.5 Å². The molecule has 0 fully saturated rings. The summed E-state index contributed by atoms with van der Waals surface area (Å²) in [6.07, 6.45) is -0.111. The van der Waals surface area contributed by atoms with E-state index in [1.165, 1.54) is 0 Å². The zero-order chi connectivity index (χ0) is 15.8. The van der Waals surface area contributed by atoms with Crippen LogP contribution in [0.2, 0.25) is 0 Å². The van der Waals surface area contributed by atoms with E-state index in [9.17, 15) is 9.36 Å². The van der Waals surface area contributed by atoms with Crippen molar-refractivity contribution in [3.05, 3.63) is 66.2 Å². The number of rotatable bonds is 7. The summed E-state index contributed by atoms with van der Waals surface area (Å²) < 4.78 is 11.6. The molecular weight excluding hydrogens is 299 g/mol. The van der Waals surface area contributed by atoms with Crippen LogP contribution >= 0.6 is 7.95 Å². The Hall–Kier alpha value is -2.07. The van der Waals surface area contributed by atoms with E-state index in [-0.39, 0.29) is 5.91 Å². The predicted molar refractivity (Wildman–Crippen MR) is 86.8 cm³/mol. The van der Waals surface area contributed by atoms with Gasteiger partial charge in [-0.05, 0) is 22.3 Å². The highest BCUT2D eigenvalue weighted by atomic mass is 31.1. The summed E-state index contributed by atoms with van der Waals surface area (Å²) in [6.45, 7) is 0. The SMILES string of the molecule is O=C(Nc1ccccc1)C(Cc1ccccc1)N[P+](=O)CO. The van der Waals surface area contributed by atoms with Gasteiger partial charge in [0.05, 0.1) is 0 Å². The topological polar surface area (TPSA) is 78.4 Å². The Morgan fingerprint density at radius 2 is 1.64 bits per heavy atom. The van der Waals surface area contributed by atoms with E-state index in [0.717, 1.165) is 5.56 Å². The monoisotopic (exact) mass is 317 g/mol. The second-order valence-corrected chi connectivity index (χ2v) is 6.04. The summed E-state index contributed by atoms with van der Waals surface area (Å²) in [5.74, 6) is -0.285. The standard InChI is InChI=1S/C16H17N2O3P/c19-12-22(21)18-15(11-13-7-3-1-4-8-13)16(20)17-14-9-5-2-6-10-14/h1-10,15,19H,11-12H2,(H-,17,18,20,21)/p+1. The number of carbonyl (C=O) groups excluding carboxylic acids is 1. The molecule has 0 aliphatic rings. The fourth-order valence-corrected chi connectivity index (χ4v) is 2.65. The van der Waals surface area contributed by atoms with Gasteiger partial charge in [0.2, 0.25) is 5.91 Å². The Bertz CT molecular complexity index is 620. The molecule has 2 unspecified atom stereocenters. The number of para-hydroxylation sites is 1. The maximum absolute atomic E-state index is 12.4. The van der Waals surface area contributed by atoms with E-state index in [4.69, 9.17) is 5.11 Å². The largest absolute Gasteiger partial charge is 0.461 e. The van der Waals surface area contributed by atoms with E-state index < -0.39 is 20.3 Å². The maximum atomic E-state index is 12.4. The van der Waals surface area contributed by atoms with Gasteiger partial charge in [-0.1, -0.05) is 53.6 Å². The number of anilines is 1. The Labute approximate surface area is 130 Å². The Morgan fingerprint density at radius 1 is 1.05 bits per heavy atom. The van der Waals surface area contributed by atoms with E-state index in [1.54, 1.807) is 12.1 Å². The highest BCUT2D eigenvalue weighted by Crippen LogP contribution is 2.16. The molecule has 0 radical (unpaired) electrons. The first-order valence-electron chi connectivity index (χ1n) is 6.90. The first kappa shape index (κ1) is 16.3. The number of benzene rings is 2. The van der Waals surface area contributed by atoms with Crippen molar-refractivity contribution in [2.24, 2.45) is 0 Å². The van der Waals surface area contributed by atoms with Crippen LogP contribution in [0.4, 0.5) is 5.69 Å². The van der Waals surface area contributed by atoms with Crippen LogP contribution in [0.15, 0.2) is 60.7 Å². The minimum atomic E-state index is -2.03. The van der Waals surface area contributed by atoms with Crippen LogP contribution in [0.25, 0.3) is 0 Å². The molecule has 3 N–H and O–H groups in total. The van der Waals surface area contributed by atoms with Gasteiger partial charge in [-0.15, -0.1) is 0 Å². The summed E-state index contributed by atoms with van der Waals surface area (Å²) in [6, 6.07) is 17.8. The van der Waals surface area contributed by atoms with Crippen molar-refractivity contribution in [3.63, 3.8) is 0 Å². The number of carbonyl (C=O) groups is 1. The second kappa shape index (κ2) is 8.39. The third-order valence-corrected chi connectivity index (χ3v) is 3.93. The summed E-state index contributed by atoms with van der Waals surface area (Å²) in [4.78, 5) is 12.4. The van der Waals surface area contributed by atoms with E-state index in [1.807, 2.05) is 48.5 Å². The smallest absolute Gasteiger partial charge is 0.352 e. The zero-order valence-corrected chi connectivity index (χ0v) is 12.9. The second-order valence-electron chi connectivity index (χ2n) is 4.75. The Morgan fingerprint density at radius 3 is 2.23 bits per heavy atom. The fourth-order valence-electron chi connectivity index (χ4n) is 2.01. The molecule has 0 heterocycles. The van der Waals surface area contributed by atoms with Gasteiger partial charge in [-0.3, -0.25) is 4.79 Å². The summed E-state index contributed by atoms with van der Waals surface area (Å²) in [7, 11) is -2.03. The molecule has 0 saturated carbocycles. The molecule has 0 bridgehead atoms. The van der Waals surface area contributed by atoms with Crippen LogP contribution < -0.4 is 10.4 Å². The van der Waals surface area contributed by atoms with Crippen molar-refractivity contribution in [2.45, 2.75) is 12.5 Å². The minimum absolute atomic E-state index is 0.285. The van der Waals surface area contributed by atoms with Crippen LogP contribution in [-0.2, 0) is 15.8 Å². The van der Waals surface area contributed by atoms with E-state index in [0.29, 0.717) is 12.1 Å². The molecule has 2 aromatic carbocycles. The van der Waals surface area contributed by atoms with Gasteiger partial charge < -0.3 is 10.4 Å². The predicted octanol–water partition coefficient (Wildman–Crippen LogP) is 2.52. The lowest BCUT2D eigenvalue weighted by molar-refractivity contribution is -0.117. The third kappa shape index (κ3) is 5.04. The van der Waals surface area contributed by atoms with Crippen molar-refractivity contribution in [1.29, 1.82) is 0 Å². The van der Waals surface area contributed by atoms with Crippen molar-refractivity contribution in [3.8, 4) is 0 Å². The first-order valence-corrected chi connectivity index (χ1v) is 8.35. The molecule has 0 aromatic heterocycles. The van der Waals surface area contributed by atoms with E-state index >= 15 is 0 Å². The van der Waals surface area contributed by atoms with Crippen LogP contribution in [0.3, 0.4) is 0 Å². The van der Waals surface area contributed by atoms with Gasteiger partial charge >= 0.3 is 7.95 Å². The average molecular weight is 317 g/mol. The Kier molecular flexibility index (Phi) is 6.22. The number of aliphatic hydroxyl groups excluding tert-OH is 1. The van der Waals surface area contributed by atoms with Crippen molar-refractivity contribution >= 4 is 19.5 Å². The molecular formula is C16H18N2O3P+. The molecule has 114 valence electrons. The summed E-state index contributed by atoms with van der Waals surface area (Å²) in [5, 5.41) is 14.4.